The Morgan fingerprint density at radius 3 is 1.75 bits per heavy atom. The summed E-state index contributed by atoms with van der Waals surface area (Å²) in [7, 11) is 0. The maximum absolute atomic E-state index is 11.0. The van der Waals surface area contributed by atoms with Crippen LogP contribution in [0, 0.1) is 0 Å². The zero-order valence-electron chi connectivity index (χ0n) is 2.99. The van der Waals surface area contributed by atoms with Crippen molar-refractivity contribution in [2.45, 2.75) is 5.38 Å². The van der Waals surface area contributed by atoms with Gasteiger partial charge < -0.3 is 5.11 Å². The first kappa shape index (κ1) is 11.6. The molecule has 0 rings (SSSR count). The fourth-order valence-electron chi connectivity index (χ4n) is 0. The molecule has 0 atom stereocenters. The summed E-state index contributed by atoms with van der Waals surface area (Å²) in [5.41, 5.74) is 0. The van der Waals surface area contributed by atoms with Crippen molar-refractivity contribution >= 4 is 55.3 Å². The number of hydrogen-bond acceptors (Lipinski definition) is 1. The third kappa shape index (κ3) is 5.03. The number of carboxylic acid groups (broad SMARTS) is 1. The molecular weight excluding hydrogens is 170 g/mol. The Hall–Kier alpha value is 0.880. The van der Waals surface area contributed by atoms with Crippen LogP contribution in [0.4, 0.5) is 8.78 Å². The van der Waals surface area contributed by atoms with Crippen molar-refractivity contribution in [1.29, 1.82) is 0 Å². The van der Waals surface area contributed by atoms with Gasteiger partial charge in [0.25, 0.3) is 0 Å². The summed E-state index contributed by atoms with van der Waals surface area (Å²) in [6, 6.07) is 0. The van der Waals surface area contributed by atoms with Crippen molar-refractivity contribution in [3.05, 3.63) is 0 Å². The molecule has 0 aromatic carbocycles. The second kappa shape index (κ2) is 3.82. The molecule has 2 nitrogen and oxygen atoms in total. The molecule has 8 heavy (non-hydrogen) atoms. The normalized spacial score (nSPS) is 9.88. The molecule has 0 aliphatic heterocycles. The SMILES string of the molecule is O=C(O)C(F)(F)Cl.[CaH2]. The van der Waals surface area contributed by atoms with Crippen LogP contribution < -0.4 is 0 Å². The standard InChI is InChI=1S/C2HClF2O2.Ca.2H/c3-2(4,5)1(6)7;;;/h(H,6,7);;;. The van der Waals surface area contributed by atoms with E-state index >= 15 is 0 Å². The van der Waals surface area contributed by atoms with Crippen LogP contribution >= 0.6 is 11.6 Å². The van der Waals surface area contributed by atoms with Crippen LogP contribution in [0.5, 0.6) is 0 Å². The predicted molar refractivity (Wildman–Crippen MR) is 27.0 cm³/mol. The Morgan fingerprint density at radius 1 is 1.62 bits per heavy atom. The Balaban J connectivity index is 0. The average Bonchev–Trinajstić information content (AvgIpc) is 1.31. The molecule has 1 N–H and O–H groups in total. The van der Waals surface area contributed by atoms with Gasteiger partial charge in [0.1, 0.15) is 0 Å². The summed E-state index contributed by atoms with van der Waals surface area (Å²) in [5, 5.41) is 3.26. The quantitative estimate of drug-likeness (QED) is 0.446. The van der Waals surface area contributed by atoms with Gasteiger partial charge in [-0.15, -0.1) is 0 Å². The van der Waals surface area contributed by atoms with E-state index in [9.17, 15) is 8.78 Å². The molecule has 0 unspecified atom stereocenters. The van der Waals surface area contributed by atoms with Gasteiger partial charge in [0.2, 0.25) is 0 Å². The van der Waals surface area contributed by atoms with Gasteiger partial charge in [0.05, 0.1) is 0 Å². The van der Waals surface area contributed by atoms with Crippen LogP contribution in [0.2, 0.25) is 0 Å². The van der Waals surface area contributed by atoms with Crippen LogP contribution in [0.25, 0.3) is 0 Å². The second-order valence-corrected chi connectivity index (χ2v) is 1.28. The van der Waals surface area contributed by atoms with Crippen molar-refractivity contribution < 1.29 is 18.7 Å². The van der Waals surface area contributed by atoms with Crippen molar-refractivity contribution in [2.24, 2.45) is 0 Å². The predicted octanol–water partition coefficient (Wildman–Crippen LogP) is -0.0136. The van der Waals surface area contributed by atoms with Crippen molar-refractivity contribution in [3.63, 3.8) is 0 Å². The van der Waals surface area contributed by atoms with Crippen molar-refractivity contribution in [1.82, 2.24) is 0 Å². The van der Waals surface area contributed by atoms with Gasteiger partial charge in [-0.25, -0.2) is 4.79 Å². The van der Waals surface area contributed by atoms with E-state index in [2.05, 4.69) is 11.6 Å². The van der Waals surface area contributed by atoms with E-state index in [1.807, 2.05) is 0 Å². The first-order chi connectivity index (χ1) is 2.94. The van der Waals surface area contributed by atoms with E-state index in [0.717, 1.165) is 0 Å². The molecule has 0 fully saturated rings. The number of alkyl halides is 3. The molecule has 0 aromatic rings. The van der Waals surface area contributed by atoms with Crippen LogP contribution in [0.1, 0.15) is 0 Å². The van der Waals surface area contributed by atoms with Gasteiger partial charge in [-0.3, -0.25) is 0 Å². The number of hydrogen-bond donors (Lipinski definition) is 1. The molecule has 0 radical (unpaired) electrons. The van der Waals surface area contributed by atoms with E-state index in [-0.39, 0.29) is 37.7 Å². The monoisotopic (exact) mass is 172 g/mol. The topological polar surface area (TPSA) is 37.3 Å². The summed E-state index contributed by atoms with van der Waals surface area (Å²) in [6.45, 7) is 0. The molecule has 0 spiro atoms. The van der Waals surface area contributed by atoms with Crippen LogP contribution in [-0.4, -0.2) is 54.2 Å². The summed E-state index contributed by atoms with van der Waals surface area (Å²) in [5.74, 6) is -2.32. The molecular formula is C2H3CaClF2O2. The van der Waals surface area contributed by atoms with Crippen LogP contribution in [-0.2, 0) is 4.79 Å². The fourth-order valence-corrected chi connectivity index (χ4v) is 0. The van der Waals surface area contributed by atoms with Gasteiger partial charge in [0, 0.05) is 0 Å². The minimum atomic E-state index is -4.11. The summed E-state index contributed by atoms with van der Waals surface area (Å²) >= 11 is 3.94. The third-order valence-electron chi connectivity index (χ3n) is 0.243. The van der Waals surface area contributed by atoms with Crippen LogP contribution in [0.3, 0.4) is 0 Å². The molecule has 0 bridgehead atoms. The molecule has 6 heteroatoms. The van der Waals surface area contributed by atoms with Gasteiger partial charge in [-0.1, -0.05) is 0 Å². The Morgan fingerprint density at radius 2 is 1.75 bits per heavy atom. The number of aliphatic carboxylic acids is 1. The maximum atomic E-state index is 11.0. The van der Waals surface area contributed by atoms with Gasteiger partial charge in [-0.2, -0.15) is 8.78 Å². The van der Waals surface area contributed by atoms with Gasteiger partial charge in [0.15, 0.2) is 0 Å². The molecule has 0 heterocycles. The second-order valence-electron chi connectivity index (χ2n) is 0.803. The number of carboxylic acids is 1. The Bertz CT molecular complexity index is 90.5. The van der Waals surface area contributed by atoms with E-state index in [0.29, 0.717) is 0 Å². The zero-order chi connectivity index (χ0) is 6.08. The van der Waals surface area contributed by atoms with E-state index < -0.39 is 11.4 Å². The first-order valence-corrected chi connectivity index (χ1v) is 1.62. The van der Waals surface area contributed by atoms with E-state index in [1.54, 1.807) is 0 Å². The van der Waals surface area contributed by atoms with Gasteiger partial charge >= 0.3 is 49.1 Å². The first-order valence-electron chi connectivity index (χ1n) is 1.24. The number of carbonyl (C=O) groups is 1. The average molecular weight is 173 g/mol. The minimum absolute atomic E-state index is 0. The van der Waals surface area contributed by atoms with Gasteiger partial charge in [-0.05, 0) is 11.6 Å². The molecule has 0 amide bonds. The zero-order valence-corrected chi connectivity index (χ0v) is 3.75. The third-order valence-corrected chi connectivity index (χ3v) is 0.404. The Kier molecular flexibility index (Phi) is 5.56. The van der Waals surface area contributed by atoms with E-state index in [4.69, 9.17) is 9.90 Å². The van der Waals surface area contributed by atoms with Crippen molar-refractivity contribution in [2.75, 3.05) is 0 Å². The molecule has 0 saturated heterocycles. The summed E-state index contributed by atoms with van der Waals surface area (Å²) in [6.07, 6.45) is 0. The summed E-state index contributed by atoms with van der Waals surface area (Å²) < 4.78 is 22.0. The van der Waals surface area contributed by atoms with Crippen LogP contribution in [0.15, 0.2) is 0 Å². The molecule has 0 aliphatic rings. The molecule has 0 aromatic heterocycles. The van der Waals surface area contributed by atoms with Crippen molar-refractivity contribution in [3.8, 4) is 0 Å². The molecule has 0 saturated carbocycles. The fraction of sp³-hybridized carbons (Fsp3) is 0.500. The summed E-state index contributed by atoms with van der Waals surface area (Å²) in [4.78, 5) is 9.14. The Labute approximate surface area is 78.8 Å². The van der Waals surface area contributed by atoms with E-state index in [1.165, 1.54) is 0 Å². The number of halogens is 3. The number of rotatable bonds is 1. The molecule has 46 valence electrons. The molecule has 0 aliphatic carbocycles.